The third-order valence-corrected chi connectivity index (χ3v) is 5.87. The molecule has 4 rings (SSSR count). The van der Waals surface area contributed by atoms with Gasteiger partial charge in [-0.15, -0.1) is 0 Å². The van der Waals surface area contributed by atoms with Crippen molar-refractivity contribution in [3.63, 3.8) is 0 Å². The first-order valence-corrected chi connectivity index (χ1v) is 11.1. The zero-order valence-corrected chi connectivity index (χ0v) is 19.4. The minimum absolute atomic E-state index is 0.0633. The molecule has 1 N–H and O–H groups in total. The lowest BCUT2D eigenvalue weighted by Crippen LogP contribution is -2.32. The molecule has 1 aliphatic heterocycles. The van der Waals surface area contributed by atoms with Crippen LogP contribution in [0, 0.1) is 0 Å². The summed E-state index contributed by atoms with van der Waals surface area (Å²) in [6.07, 6.45) is 4.96. The van der Waals surface area contributed by atoms with Crippen LogP contribution >= 0.6 is 0 Å². The number of hydrogen-bond donors (Lipinski definition) is 1. The van der Waals surface area contributed by atoms with Gasteiger partial charge < -0.3 is 14.7 Å². The highest BCUT2D eigenvalue weighted by atomic mass is 16.5. The fourth-order valence-corrected chi connectivity index (χ4v) is 4.11. The Morgan fingerprint density at radius 3 is 2.73 bits per heavy atom. The zero-order valence-electron chi connectivity index (χ0n) is 19.4. The van der Waals surface area contributed by atoms with Crippen LogP contribution in [0.5, 0.6) is 11.5 Å². The Kier molecular flexibility index (Phi) is 6.79. The Morgan fingerprint density at radius 1 is 1.21 bits per heavy atom. The molecule has 0 spiro atoms. The van der Waals surface area contributed by atoms with E-state index in [9.17, 15) is 9.90 Å². The molecule has 1 amide bonds. The van der Waals surface area contributed by atoms with Crippen LogP contribution in [-0.2, 0) is 19.5 Å². The van der Waals surface area contributed by atoms with Crippen LogP contribution in [0.15, 0.2) is 54.6 Å². The lowest BCUT2D eigenvalue weighted by molar-refractivity contribution is 0.0818. The number of amides is 1. The summed E-state index contributed by atoms with van der Waals surface area (Å²) in [7, 11) is 5.07. The molecule has 1 aromatic heterocycles. The van der Waals surface area contributed by atoms with Gasteiger partial charge in [0.1, 0.15) is 0 Å². The average molecular weight is 447 g/mol. The van der Waals surface area contributed by atoms with Crippen LogP contribution in [-0.4, -0.2) is 64.9 Å². The molecule has 172 valence electrons. The first kappa shape index (κ1) is 22.6. The number of aromatic nitrogens is 2. The molecule has 1 aliphatic rings. The van der Waals surface area contributed by atoms with Gasteiger partial charge in [-0.3, -0.25) is 14.4 Å². The number of phenols is 1. The fourth-order valence-electron chi connectivity index (χ4n) is 4.11. The van der Waals surface area contributed by atoms with E-state index in [1.165, 1.54) is 5.56 Å². The lowest BCUT2D eigenvalue weighted by atomic mass is 10.0. The van der Waals surface area contributed by atoms with Crippen molar-refractivity contribution in [2.24, 2.45) is 0 Å². The molecule has 0 atom stereocenters. The topological polar surface area (TPSA) is 70.8 Å². The van der Waals surface area contributed by atoms with E-state index in [4.69, 9.17) is 9.84 Å². The van der Waals surface area contributed by atoms with Gasteiger partial charge in [0.15, 0.2) is 17.2 Å². The van der Waals surface area contributed by atoms with Gasteiger partial charge in [-0.1, -0.05) is 48.6 Å². The van der Waals surface area contributed by atoms with Crippen molar-refractivity contribution in [1.82, 2.24) is 19.6 Å². The summed E-state index contributed by atoms with van der Waals surface area (Å²) >= 11 is 0. The standard InChI is InChI=1S/C26H30N4O3/c1-28(2)26(32)25-21-18-29(14-7-10-19-11-12-23(31)24(16-19)33-3)15-13-22(21)30(27-25)17-20-8-5-4-6-9-20/h4-12,16,31H,13-15,17-18H2,1-3H3/b10-7+. The third-order valence-electron chi connectivity index (χ3n) is 5.87. The molecule has 7 heteroatoms. The molecule has 0 bridgehead atoms. The molecule has 33 heavy (non-hydrogen) atoms. The monoisotopic (exact) mass is 446 g/mol. The highest BCUT2D eigenvalue weighted by Crippen LogP contribution is 2.27. The number of rotatable bonds is 7. The summed E-state index contributed by atoms with van der Waals surface area (Å²) in [5.74, 6) is 0.521. The Labute approximate surface area is 194 Å². The second-order valence-corrected chi connectivity index (χ2v) is 8.44. The van der Waals surface area contributed by atoms with Gasteiger partial charge in [0.05, 0.1) is 13.7 Å². The third kappa shape index (κ3) is 5.09. The van der Waals surface area contributed by atoms with Gasteiger partial charge in [-0.25, -0.2) is 0 Å². The number of hydrogen-bond acceptors (Lipinski definition) is 5. The molecule has 0 unspecified atom stereocenters. The summed E-state index contributed by atoms with van der Waals surface area (Å²) in [4.78, 5) is 16.8. The van der Waals surface area contributed by atoms with Crippen molar-refractivity contribution >= 4 is 12.0 Å². The van der Waals surface area contributed by atoms with E-state index in [0.717, 1.165) is 36.3 Å². The van der Waals surface area contributed by atoms with E-state index in [2.05, 4.69) is 23.1 Å². The maximum Gasteiger partial charge on any atom is 0.274 e. The smallest absolute Gasteiger partial charge is 0.274 e. The predicted molar refractivity (Wildman–Crippen MR) is 128 cm³/mol. The Bertz CT molecular complexity index is 1150. The number of carbonyl (C=O) groups is 1. The average Bonchev–Trinajstić information content (AvgIpc) is 3.17. The molecular weight excluding hydrogens is 416 g/mol. The van der Waals surface area contributed by atoms with E-state index >= 15 is 0 Å². The number of aromatic hydroxyl groups is 1. The number of ether oxygens (including phenoxy) is 1. The fraction of sp³-hybridized carbons (Fsp3) is 0.308. The number of nitrogens with zero attached hydrogens (tertiary/aromatic N) is 4. The maximum atomic E-state index is 12.9. The number of fused-ring (bicyclic) bond motifs is 1. The van der Waals surface area contributed by atoms with E-state index in [-0.39, 0.29) is 11.7 Å². The van der Waals surface area contributed by atoms with Crippen LogP contribution < -0.4 is 4.74 Å². The van der Waals surface area contributed by atoms with Crippen LogP contribution in [0.4, 0.5) is 0 Å². The van der Waals surface area contributed by atoms with Gasteiger partial charge in [0, 0.05) is 51.4 Å². The van der Waals surface area contributed by atoms with Crippen LogP contribution in [0.3, 0.4) is 0 Å². The van der Waals surface area contributed by atoms with E-state index < -0.39 is 0 Å². The molecular formula is C26H30N4O3. The summed E-state index contributed by atoms with van der Waals surface area (Å²) in [5, 5.41) is 14.5. The minimum atomic E-state index is -0.0633. The van der Waals surface area contributed by atoms with Gasteiger partial charge in [0.2, 0.25) is 0 Å². The summed E-state index contributed by atoms with van der Waals surface area (Å²) in [6.45, 7) is 2.99. The van der Waals surface area contributed by atoms with Crippen molar-refractivity contribution < 1.29 is 14.6 Å². The Morgan fingerprint density at radius 2 is 2.00 bits per heavy atom. The van der Waals surface area contributed by atoms with Crippen molar-refractivity contribution in [3.05, 3.63) is 82.7 Å². The zero-order chi connectivity index (χ0) is 23.4. The molecule has 7 nitrogen and oxygen atoms in total. The Hall–Kier alpha value is -3.58. The van der Waals surface area contributed by atoms with Crippen LogP contribution in [0.1, 0.15) is 32.9 Å². The quantitative estimate of drug-likeness (QED) is 0.602. The highest BCUT2D eigenvalue weighted by Gasteiger charge is 2.28. The number of methoxy groups -OCH3 is 1. The van der Waals surface area contributed by atoms with Crippen molar-refractivity contribution in [2.75, 3.05) is 34.3 Å². The molecule has 3 aromatic rings. The Balaban J connectivity index is 1.52. The van der Waals surface area contributed by atoms with E-state index in [1.807, 2.05) is 41.1 Å². The molecule has 2 aromatic carbocycles. The largest absolute Gasteiger partial charge is 0.504 e. The number of benzene rings is 2. The molecule has 0 aliphatic carbocycles. The van der Waals surface area contributed by atoms with E-state index in [1.54, 1.807) is 32.2 Å². The lowest BCUT2D eigenvalue weighted by Gasteiger charge is -2.26. The SMILES string of the molecule is COc1cc(/C=C/CN2CCc3c(c(C(=O)N(C)C)nn3Cc3ccccc3)C2)ccc1O. The van der Waals surface area contributed by atoms with Crippen molar-refractivity contribution in [3.8, 4) is 11.5 Å². The molecule has 0 fully saturated rings. The predicted octanol–water partition coefficient (Wildman–Crippen LogP) is 3.42. The minimum Gasteiger partial charge on any atom is -0.504 e. The van der Waals surface area contributed by atoms with Gasteiger partial charge in [-0.05, 0) is 23.3 Å². The summed E-state index contributed by atoms with van der Waals surface area (Å²) in [6, 6.07) is 15.5. The number of carbonyl (C=O) groups excluding carboxylic acids is 1. The summed E-state index contributed by atoms with van der Waals surface area (Å²) in [5.41, 5.74) is 4.84. The molecule has 0 saturated carbocycles. The van der Waals surface area contributed by atoms with E-state index in [0.29, 0.717) is 24.5 Å². The molecule has 0 saturated heterocycles. The molecule has 2 heterocycles. The maximum absolute atomic E-state index is 12.9. The number of phenolic OH excluding ortho intramolecular Hbond substituents is 1. The van der Waals surface area contributed by atoms with Crippen LogP contribution in [0.2, 0.25) is 0 Å². The first-order chi connectivity index (χ1) is 16.0. The second-order valence-electron chi connectivity index (χ2n) is 8.44. The van der Waals surface area contributed by atoms with Gasteiger partial charge in [-0.2, -0.15) is 5.10 Å². The molecule has 0 radical (unpaired) electrons. The second kappa shape index (κ2) is 9.92. The van der Waals surface area contributed by atoms with Crippen molar-refractivity contribution in [1.29, 1.82) is 0 Å². The van der Waals surface area contributed by atoms with Gasteiger partial charge >= 0.3 is 0 Å². The van der Waals surface area contributed by atoms with Gasteiger partial charge in [0.25, 0.3) is 5.91 Å². The summed E-state index contributed by atoms with van der Waals surface area (Å²) < 4.78 is 7.18. The first-order valence-electron chi connectivity index (χ1n) is 11.1. The van der Waals surface area contributed by atoms with Crippen molar-refractivity contribution in [2.45, 2.75) is 19.5 Å². The normalized spacial score (nSPS) is 13.8. The highest BCUT2D eigenvalue weighted by molar-refractivity contribution is 5.93. The van der Waals surface area contributed by atoms with Crippen LogP contribution in [0.25, 0.3) is 6.08 Å².